The molecular formula is C15H17NS2. The van der Waals surface area contributed by atoms with Gasteiger partial charge in [0.1, 0.15) is 0 Å². The van der Waals surface area contributed by atoms with Crippen molar-refractivity contribution in [3.05, 3.63) is 52.2 Å². The van der Waals surface area contributed by atoms with Gasteiger partial charge in [-0.2, -0.15) is 0 Å². The molecule has 3 rings (SSSR count). The lowest BCUT2D eigenvalue weighted by molar-refractivity contribution is 0.492. The molecule has 0 aliphatic carbocycles. The molecule has 1 aromatic heterocycles. The summed E-state index contributed by atoms with van der Waals surface area (Å²) in [4.78, 5) is 2.92. The van der Waals surface area contributed by atoms with Crippen LogP contribution in [0.1, 0.15) is 29.3 Å². The molecule has 0 bridgehead atoms. The predicted octanol–water partition coefficient (Wildman–Crippen LogP) is 4.29. The number of likely N-dealkylation sites (N-methyl/N-ethyl adjacent to an activating group) is 1. The number of benzene rings is 1. The molecule has 0 amide bonds. The van der Waals surface area contributed by atoms with Gasteiger partial charge in [0.15, 0.2) is 0 Å². The lowest BCUT2D eigenvalue weighted by Gasteiger charge is -2.23. The van der Waals surface area contributed by atoms with Crippen molar-refractivity contribution in [2.45, 2.75) is 23.8 Å². The molecule has 2 aromatic rings. The van der Waals surface area contributed by atoms with Gasteiger partial charge >= 0.3 is 0 Å². The lowest BCUT2D eigenvalue weighted by Crippen LogP contribution is -2.26. The number of nitrogens with one attached hydrogen (secondary N) is 1. The molecule has 1 nitrogen and oxygen atoms in total. The van der Waals surface area contributed by atoms with E-state index in [-0.39, 0.29) is 0 Å². The van der Waals surface area contributed by atoms with E-state index in [1.165, 1.54) is 21.1 Å². The van der Waals surface area contributed by atoms with E-state index in [0.29, 0.717) is 12.0 Å². The topological polar surface area (TPSA) is 12.0 Å². The van der Waals surface area contributed by atoms with Crippen molar-refractivity contribution in [3.8, 4) is 0 Å². The minimum Gasteiger partial charge on any atom is -0.309 e. The van der Waals surface area contributed by atoms with Crippen molar-refractivity contribution >= 4 is 23.1 Å². The van der Waals surface area contributed by atoms with Crippen molar-refractivity contribution in [1.82, 2.24) is 5.32 Å². The first-order valence-corrected chi connectivity index (χ1v) is 8.25. The van der Waals surface area contributed by atoms with Gasteiger partial charge in [-0.1, -0.05) is 31.2 Å². The van der Waals surface area contributed by atoms with E-state index in [0.717, 1.165) is 6.54 Å². The van der Waals surface area contributed by atoms with Gasteiger partial charge < -0.3 is 5.32 Å². The van der Waals surface area contributed by atoms with Crippen LogP contribution in [0.25, 0.3) is 0 Å². The predicted molar refractivity (Wildman–Crippen MR) is 80.6 cm³/mol. The van der Waals surface area contributed by atoms with Crippen LogP contribution in [0.15, 0.2) is 46.7 Å². The molecule has 3 heteroatoms. The molecule has 2 unspecified atom stereocenters. The molecule has 1 aliphatic rings. The van der Waals surface area contributed by atoms with Crippen molar-refractivity contribution in [3.63, 3.8) is 0 Å². The number of thiophene rings is 1. The largest absolute Gasteiger partial charge is 0.309 e. The first-order valence-electron chi connectivity index (χ1n) is 6.38. The first-order chi connectivity index (χ1) is 8.90. The fraction of sp³-hybridized carbons (Fsp3) is 0.333. The molecule has 0 saturated carbocycles. The Hall–Kier alpha value is -0.770. The Kier molecular flexibility index (Phi) is 3.73. The number of hydrogen-bond donors (Lipinski definition) is 1. The molecule has 0 spiro atoms. The molecule has 1 aliphatic heterocycles. The highest BCUT2D eigenvalue weighted by Crippen LogP contribution is 2.46. The van der Waals surface area contributed by atoms with Crippen LogP contribution < -0.4 is 5.32 Å². The lowest BCUT2D eigenvalue weighted by atomic mass is 9.92. The Labute approximate surface area is 117 Å². The Morgan fingerprint density at radius 3 is 2.94 bits per heavy atom. The highest BCUT2D eigenvalue weighted by molar-refractivity contribution is 7.99. The Bertz CT molecular complexity index is 505. The Morgan fingerprint density at radius 2 is 2.17 bits per heavy atom. The fourth-order valence-electron chi connectivity index (χ4n) is 2.59. The van der Waals surface area contributed by atoms with Crippen molar-refractivity contribution in [1.29, 1.82) is 0 Å². The van der Waals surface area contributed by atoms with E-state index >= 15 is 0 Å². The summed E-state index contributed by atoms with van der Waals surface area (Å²) in [5.74, 6) is 1.79. The van der Waals surface area contributed by atoms with Gasteiger partial charge in [0.25, 0.3) is 0 Å². The molecule has 0 radical (unpaired) electrons. The normalized spacial score (nSPS) is 19.7. The molecule has 94 valence electrons. The average Bonchev–Trinajstić information content (AvgIpc) is 3.06. The zero-order valence-corrected chi connectivity index (χ0v) is 12.1. The molecule has 2 atom stereocenters. The second kappa shape index (κ2) is 5.47. The number of hydrogen-bond acceptors (Lipinski definition) is 3. The zero-order valence-electron chi connectivity index (χ0n) is 10.4. The summed E-state index contributed by atoms with van der Waals surface area (Å²) in [6, 6.07) is 13.7. The van der Waals surface area contributed by atoms with Crippen LogP contribution >= 0.6 is 23.1 Å². The van der Waals surface area contributed by atoms with Gasteiger partial charge in [0.05, 0.1) is 0 Å². The average molecular weight is 275 g/mol. The molecule has 18 heavy (non-hydrogen) atoms. The highest BCUT2D eigenvalue weighted by Gasteiger charge is 2.31. The summed E-state index contributed by atoms with van der Waals surface area (Å²) in [7, 11) is 0. The second-order valence-electron chi connectivity index (χ2n) is 4.51. The maximum atomic E-state index is 3.66. The van der Waals surface area contributed by atoms with E-state index in [2.05, 4.69) is 54.0 Å². The van der Waals surface area contributed by atoms with Crippen LogP contribution in [0.5, 0.6) is 0 Å². The van der Waals surface area contributed by atoms with E-state index in [1.54, 1.807) is 0 Å². The SMILES string of the molecule is CCNC(c1cccs1)C1CSc2ccccc21. The summed E-state index contributed by atoms with van der Waals surface area (Å²) in [5, 5.41) is 5.84. The first kappa shape index (κ1) is 12.3. The van der Waals surface area contributed by atoms with Crippen LogP contribution in [-0.2, 0) is 0 Å². The standard InChI is InChI=1S/C15H17NS2/c1-2-16-15(14-8-5-9-17-14)12-10-18-13-7-4-3-6-11(12)13/h3-9,12,15-16H,2,10H2,1H3. The van der Waals surface area contributed by atoms with Gasteiger partial charge in [0, 0.05) is 27.5 Å². The maximum absolute atomic E-state index is 3.66. The minimum atomic E-state index is 0.464. The van der Waals surface area contributed by atoms with E-state index in [1.807, 2.05) is 23.1 Å². The van der Waals surface area contributed by atoms with Crippen molar-refractivity contribution < 1.29 is 0 Å². The maximum Gasteiger partial charge on any atom is 0.0492 e. The third-order valence-corrected chi connectivity index (χ3v) is 5.58. The third-order valence-electron chi connectivity index (χ3n) is 3.41. The quantitative estimate of drug-likeness (QED) is 0.893. The van der Waals surface area contributed by atoms with Gasteiger partial charge in [0.2, 0.25) is 0 Å². The van der Waals surface area contributed by atoms with Gasteiger partial charge in [-0.3, -0.25) is 0 Å². The number of rotatable bonds is 4. The van der Waals surface area contributed by atoms with E-state index in [4.69, 9.17) is 0 Å². The van der Waals surface area contributed by atoms with Crippen molar-refractivity contribution in [2.75, 3.05) is 12.3 Å². The number of fused-ring (bicyclic) bond motifs is 1. The molecule has 2 heterocycles. The summed E-state index contributed by atoms with van der Waals surface area (Å²) in [5.41, 5.74) is 1.52. The van der Waals surface area contributed by atoms with Crippen molar-refractivity contribution in [2.24, 2.45) is 0 Å². The summed E-state index contributed by atoms with van der Waals surface area (Å²) >= 11 is 3.85. The molecule has 1 aromatic carbocycles. The fourth-order valence-corrected chi connectivity index (χ4v) is 4.75. The smallest absolute Gasteiger partial charge is 0.0492 e. The van der Waals surface area contributed by atoms with Crippen LogP contribution in [0, 0.1) is 0 Å². The molecule has 1 N–H and O–H groups in total. The number of thioether (sulfide) groups is 1. The highest BCUT2D eigenvalue weighted by atomic mass is 32.2. The van der Waals surface area contributed by atoms with Gasteiger partial charge in [-0.05, 0) is 29.6 Å². The van der Waals surface area contributed by atoms with E-state index in [9.17, 15) is 0 Å². The van der Waals surface area contributed by atoms with Crippen LogP contribution in [-0.4, -0.2) is 12.3 Å². The Morgan fingerprint density at radius 1 is 1.28 bits per heavy atom. The monoisotopic (exact) mass is 275 g/mol. The van der Waals surface area contributed by atoms with Gasteiger partial charge in [-0.15, -0.1) is 23.1 Å². The second-order valence-corrected chi connectivity index (χ2v) is 6.55. The van der Waals surface area contributed by atoms with Crippen LogP contribution in [0.2, 0.25) is 0 Å². The molecule has 0 fully saturated rings. The van der Waals surface area contributed by atoms with Crippen LogP contribution in [0.4, 0.5) is 0 Å². The van der Waals surface area contributed by atoms with E-state index < -0.39 is 0 Å². The summed E-state index contributed by atoms with van der Waals surface area (Å²) in [6.45, 7) is 3.21. The molecular weight excluding hydrogens is 258 g/mol. The minimum absolute atomic E-state index is 0.464. The summed E-state index contributed by atoms with van der Waals surface area (Å²) < 4.78 is 0. The zero-order chi connectivity index (χ0) is 12.4. The Balaban J connectivity index is 1.93. The third kappa shape index (κ3) is 2.22. The van der Waals surface area contributed by atoms with Gasteiger partial charge in [-0.25, -0.2) is 0 Å². The molecule has 0 saturated heterocycles. The summed E-state index contributed by atoms with van der Waals surface area (Å²) in [6.07, 6.45) is 0. The van der Waals surface area contributed by atoms with Crippen LogP contribution in [0.3, 0.4) is 0 Å².